The summed E-state index contributed by atoms with van der Waals surface area (Å²) in [6, 6.07) is 4.01. The fraction of sp³-hybridized carbons (Fsp3) is 0.429. The maximum absolute atomic E-state index is 11.6. The number of carbonyl (C=O) groups excluding carboxylic acids is 2. The van der Waals surface area contributed by atoms with Crippen LogP contribution >= 0.6 is 0 Å². The van der Waals surface area contributed by atoms with Gasteiger partial charge in [-0.3, -0.25) is 20.2 Å². The van der Waals surface area contributed by atoms with Crippen LogP contribution in [0.15, 0.2) is 18.2 Å². The van der Waals surface area contributed by atoms with Crippen LogP contribution in [0.3, 0.4) is 0 Å². The number of nitrogens with zero attached hydrogens (tertiary/aromatic N) is 1. The summed E-state index contributed by atoms with van der Waals surface area (Å²) in [5, 5.41) is 18.4. The summed E-state index contributed by atoms with van der Waals surface area (Å²) in [5.41, 5.74) is 0.895. The Hall–Kier alpha value is -2.64. The molecule has 0 spiro atoms. The van der Waals surface area contributed by atoms with Crippen LogP contribution in [-0.4, -0.2) is 30.0 Å². The number of unbranched alkanes of at least 4 members (excludes halogenated alkanes) is 1. The molecule has 0 aliphatic rings. The third-order valence-corrected chi connectivity index (χ3v) is 3.01. The minimum Gasteiger partial charge on any atom is -0.376 e. The minimum atomic E-state index is -0.545. The molecule has 0 saturated carbocycles. The second kappa shape index (κ2) is 8.60. The molecule has 0 aliphatic carbocycles. The number of amides is 3. The molecule has 8 heteroatoms. The summed E-state index contributed by atoms with van der Waals surface area (Å²) in [6.07, 6.45) is 1.79. The maximum Gasteiger partial charge on any atom is 0.321 e. The number of rotatable bonds is 7. The molecule has 3 amide bonds. The first-order valence-electron chi connectivity index (χ1n) is 7.01. The lowest BCUT2D eigenvalue weighted by molar-refractivity contribution is -0.385. The Morgan fingerprint density at radius 3 is 2.68 bits per heavy atom. The standard InChI is InChI=1S/C14H20N4O4/c1-3-4-8-15-14(20)17-13(19)9-16-11-6-5-7-12(10(11)2)18(21)22/h5-7,16H,3-4,8-9H2,1-2H3,(H2,15,17,19,20). The summed E-state index contributed by atoms with van der Waals surface area (Å²) in [6.45, 7) is 3.95. The van der Waals surface area contributed by atoms with E-state index in [-0.39, 0.29) is 12.2 Å². The van der Waals surface area contributed by atoms with Gasteiger partial charge in [0.15, 0.2) is 0 Å². The van der Waals surface area contributed by atoms with E-state index in [9.17, 15) is 19.7 Å². The van der Waals surface area contributed by atoms with Crippen LogP contribution in [-0.2, 0) is 4.79 Å². The van der Waals surface area contributed by atoms with Crippen molar-refractivity contribution in [3.63, 3.8) is 0 Å². The lowest BCUT2D eigenvalue weighted by atomic mass is 10.1. The fourth-order valence-corrected chi connectivity index (χ4v) is 1.78. The molecule has 0 fully saturated rings. The Morgan fingerprint density at radius 1 is 1.32 bits per heavy atom. The lowest BCUT2D eigenvalue weighted by Gasteiger charge is -2.10. The molecular weight excluding hydrogens is 288 g/mol. The van der Waals surface area contributed by atoms with E-state index in [0.29, 0.717) is 17.8 Å². The van der Waals surface area contributed by atoms with Gasteiger partial charge in [0, 0.05) is 23.9 Å². The van der Waals surface area contributed by atoms with Crippen LogP contribution < -0.4 is 16.0 Å². The van der Waals surface area contributed by atoms with Gasteiger partial charge in [0.1, 0.15) is 0 Å². The van der Waals surface area contributed by atoms with Gasteiger partial charge in [0.25, 0.3) is 5.69 Å². The quantitative estimate of drug-likeness (QED) is 0.405. The molecule has 0 radical (unpaired) electrons. The minimum absolute atomic E-state index is 0.0253. The molecular formula is C14H20N4O4. The van der Waals surface area contributed by atoms with Crippen molar-refractivity contribution in [2.45, 2.75) is 26.7 Å². The van der Waals surface area contributed by atoms with Gasteiger partial charge in [-0.15, -0.1) is 0 Å². The van der Waals surface area contributed by atoms with Gasteiger partial charge in [-0.1, -0.05) is 19.4 Å². The Labute approximate surface area is 128 Å². The van der Waals surface area contributed by atoms with Crippen LogP contribution in [0.25, 0.3) is 0 Å². The Kier molecular flexibility index (Phi) is 6.81. The van der Waals surface area contributed by atoms with E-state index >= 15 is 0 Å². The van der Waals surface area contributed by atoms with Crippen molar-refractivity contribution in [2.24, 2.45) is 0 Å². The first-order chi connectivity index (χ1) is 10.5. The Balaban J connectivity index is 2.49. The molecule has 0 unspecified atom stereocenters. The topological polar surface area (TPSA) is 113 Å². The van der Waals surface area contributed by atoms with E-state index in [1.54, 1.807) is 13.0 Å². The number of hydrogen-bond donors (Lipinski definition) is 3. The van der Waals surface area contributed by atoms with E-state index in [1.165, 1.54) is 12.1 Å². The second-order valence-electron chi connectivity index (χ2n) is 4.72. The van der Waals surface area contributed by atoms with Gasteiger partial charge in [0.05, 0.1) is 11.5 Å². The molecule has 1 rings (SSSR count). The SMILES string of the molecule is CCCCNC(=O)NC(=O)CNc1cccc([N+](=O)[O-])c1C. The summed E-state index contributed by atoms with van der Waals surface area (Å²) < 4.78 is 0. The zero-order chi connectivity index (χ0) is 16.5. The maximum atomic E-state index is 11.6. The number of nitro benzene ring substituents is 1. The molecule has 0 atom stereocenters. The van der Waals surface area contributed by atoms with Crippen LogP contribution in [0.5, 0.6) is 0 Å². The Bertz CT molecular complexity index is 560. The van der Waals surface area contributed by atoms with E-state index in [2.05, 4.69) is 16.0 Å². The second-order valence-corrected chi connectivity index (χ2v) is 4.72. The van der Waals surface area contributed by atoms with Gasteiger partial charge in [0.2, 0.25) is 5.91 Å². The highest BCUT2D eigenvalue weighted by Crippen LogP contribution is 2.24. The van der Waals surface area contributed by atoms with E-state index in [1.807, 2.05) is 6.92 Å². The molecule has 0 bridgehead atoms. The highest BCUT2D eigenvalue weighted by Gasteiger charge is 2.14. The van der Waals surface area contributed by atoms with Crippen LogP contribution in [0.1, 0.15) is 25.3 Å². The molecule has 1 aromatic carbocycles. The van der Waals surface area contributed by atoms with E-state index in [0.717, 1.165) is 12.8 Å². The van der Waals surface area contributed by atoms with Crippen LogP contribution in [0, 0.1) is 17.0 Å². The highest BCUT2D eigenvalue weighted by molar-refractivity contribution is 5.96. The summed E-state index contributed by atoms with van der Waals surface area (Å²) in [5.74, 6) is -0.514. The number of carbonyl (C=O) groups is 2. The predicted octanol–water partition coefficient (Wildman–Crippen LogP) is 1.94. The van der Waals surface area contributed by atoms with E-state index in [4.69, 9.17) is 0 Å². The van der Waals surface area contributed by atoms with Gasteiger partial charge in [-0.05, 0) is 19.4 Å². The molecule has 1 aromatic rings. The van der Waals surface area contributed by atoms with Gasteiger partial charge in [-0.2, -0.15) is 0 Å². The molecule has 8 nitrogen and oxygen atoms in total. The molecule has 22 heavy (non-hydrogen) atoms. The average molecular weight is 308 g/mol. The number of benzene rings is 1. The normalized spacial score (nSPS) is 9.91. The first-order valence-corrected chi connectivity index (χ1v) is 7.01. The zero-order valence-corrected chi connectivity index (χ0v) is 12.6. The number of nitro groups is 1. The van der Waals surface area contributed by atoms with Crippen molar-refractivity contribution in [2.75, 3.05) is 18.4 Å². The number of anilines is 1. The number of hydrogen-bond acceptors (Lipinski definition) is 5. The Morgan fingerprint density at radius 2 is 2.05 bits per heavy atom. The average Bonchev–Trinajstić information content (AvgIpc) is 2.46. The van der Waals surface area contributed by atoms with Crippen molar-refractivity contribution < 1.29 is 14.5 Å². The zero-order valence-electron chi connectivity index (χ0n) is 12.6. The summed E-state index contributed by atoms with van der Waals surface area (Å²) in [4.78, 5) is 33.4. The molecule has 0 aromatic heterocycles. The third kappa shape index (κ3) is 5.39. The van der Waals surface area contributed by atoms with Crippen LogP contribution in [0.4, 0.5) is 16.2 Å². The van der Waals surface area contributed by atoms with Gasteiger partial charge >= 0.3 is 6.03 Å². The highest BCUT2D eigenvalue weighted by atomic mass is 16.6. The van der Waals surface area contributed by atoms with Crippen molar-refractivity contribution in [3.05, 3.63) is 33.9 Å². The van der Waals surface area contributed by atoms with E-state index < -0.39 is 16.9 Å². The molecule has 0 heterocycles. The van der Waals surface area contributed by atoms with Crippen molar-refractivity contribution in [3.8, 4) is 0 Å². The molecule has 3 N–H and O–H groups in total. The number of urea groups is 1. The predicted molar refractivity (Wildman–Crippen MR) is 82.8 cm³/mol. The molecule has 0 saturated heterocycles. The monoisotopic (exact) mass is 308 g/mol. The largest absolute Gasteiger partial charge is 0.376 e. The van der Waals surface area contributed by atoms with Crippen molar-refractivity contribution in [1.29, 1.82) is 0 Å². The molecule has 120 valence electrons. The number of nitrogens with one attached hydrogen (secondary N) is 3. The van der Waals surface area contributed by atoms with Gasteiger partial charge in [-0.25, -0.2) is 4.79 Å². The molecule has 0 aliphatic heterocycles. The smallest absolute Gasteiger partial charge is 0.321 e. The van der Waals surface area contributed by atoms with Crippen molar-refractivity contribution in [1.82, 2.24) is 10.6 Å². The summed E-state index contributed by atoms with van der Waals surface area (Å²) >= 11 is 0. The summed E-state index contributed by atoms with van der Waals surface area (Å²) in [7, 11) is 0. The van der Waals surface area contributed by atoms with Gasteiger partial charge < -0.3 is 10.6 Å². The number of imide groups is 1. The first kappa shape index (κ1) is 17.4. The fourth-order valence-electron chi connectivity index (χ4n) is 1.78. The van der Waals surface area contributed by atoms with Crippen molar-refractivity contribution >= 4 is 23.3 Å². The van der Waals surface area contributed by atoms with Crippen LogP contribution in [0.2, 0.25) is 0 Å². The third-order valence-electron chi connectivity index (χ3n) is 3.01. The lowest BCUT2D eigenvalue weighted by Crippen LogP contribution is -2.42.